The second kappa shape index (κ2) is 19.2. The van der Waals surface area contributed by atoms with Crippen LogP contribution in [0.3, 0.4) is 0 Å². The summed E-state index contributed by atoms with van der Waals surface area (Å²) < 4.78 is 11.4. The highest BCUT2D eigenvalue weighted by Gasteiger charge is 2.02. The molecule has 0 amide bonds. The van der Waals surface area contributed by atoms with E-state index in [1.54, 1.807) is 0 Å². The average Bonchev–Trinajstić information content (AvgIpc) is 2.87. The van der Waals surface area contributed by atoms with Crippen molar-refractivity contribution in [3.63, 3.8) is 0 Å². The summed E-state index contributed by atoms with van der Waals surface area (Å²) in [6, 6.07) is 12.9. The van der Waals surface area contributed by atoms with Crippen molar-refractivity contribution in [1.29, 1.82) is 0 Å². The fraction of sp³-hybridized carbons (Fsp3) is 0.581. The molecule has 0 spiro atoms. The molecule has 1 heterocycles. The van der Waals surface area contributed by atoms with Gasteiger partial charge in [-0.05, 0) is 81.9 Å². The van der Waals surface area contributed by atoms with Gasteiger partial charge < -0.3 is 9.47 Å². The molecule has 0 saturated carbocycles. The molecule has 34 heavy (non-hydrogen) atoms. The number of benzene rings is 1. The molecule has 0 atom stereocenters. The van der Waals surface area contributed by atoms with E-state index in [1.165, 1.54) is 63.4 Å². The third kappa shape index (κ3) is 12.9. The largest absolute Gasteiger partial charge is 0.492 e. The van der Waals surface area contributed by atoms with Crippen molar-refractivity contribution in [3.05, 3.63) is 60.3 Å². The molecular weight excluding hydrogens is 418 g/mol. The molecule has 0 aliphatic rings. The van der Waals surface area contributed by atoms with Gasteiger partial charge in [-0.15, -0.1) is 0 Å². The first-order valence-electron chi connectivity index (χ1n) is 13.7. The van der Waals surface area contributed by atoms with Crippen LogP contribution < -0.4 is 4.74 Å². The van der Waals surface area contributed by atoms with Gasteiger partial charge in [-0.3, -0.25) is 4.98 Å². The topological polar surface area (TPSA) is 31.4 Å². The lowest BCUT2D eigenvalue weighted by atomic mass is 10.0. The van der Waals surface area contributed by atoms with Gasteiger partial charge in [0.2, 0.25) is 0 Å². The predicted molar refractivity (Wildman–Crippen MR) is 146 cm³/mol. The van der Waals surface area contributed by atoms with E-state index in [0.29, 0.717) is 0 Å². The molecule has 3 nitrogen and oxygen atoms in total. The monoisotopic (exact) mass is 465 g/mol. The van der Waals surface area contributed by atoms with Crippen LogP contribution in [0.5, 0.6) is 5.75 Å². The molecule has 1 aromatic carbocycles. The Morgan fingerprint density at radius 2 is 1.41 bits per heavy atom. The van der Waals surface area contributed by atoms with Gasteiger partial charge in [0.25, 0.3) is 0 Å². The Labute approximate surface area is 209 Å². The van der Waals surface area contributed by atoms with E-state index in [4.69, 9.17) is 9.47 Å². The minimum absolute atomic E-state index is 0.765. The Kier molecular flexibility index (Phi) is 15.9. The van der Waals surface area contributed by atoms with Crippen molar-refractivity contribution in [1.82, 2.24) is 4.98 Å². The number of rotatable bonds is 20. The van der Waals surface area contributed by atoms with Crippen molar-refractivity contribution < 1.29 is 9.47 Å². The van der Waals surface area contributed by atoms with E-state index < -0.39 is 0 Å². The highest BCUT2D eigenvalue weighted by atomic mass is 16.5. The normalized spacial score (nSPS) is 11.4. The number of unbranched alkanes of at least 4 members (excludes halogenated alkanes) is 8. The second-order valence-corrected chi connectivity index (χ2v) is 9.16. The SMILES string of the molecule is CCCCCC=CCCCCCOc1ccc(-c2ccc(CCCCCOCCC)cc2)nc1. The predicted octanol–water partition coefficient (Wildman–Crippen LogP) is 8.96. The minimum atomic E-state index is 0.765. The summed E-state index contributed by atoms with van der Waals surface area (Å²) in [6.45, 7) is 6.96. The Bertz CT molecular complexity index is 752. The summed E-state index contributed by atoms with van der Waals surface area (Å²) >= 11 is 0. The lowest BCUT2D eigenvalue weighted by Gasteiger charge is -2.08. The number of aryl methyl sites for hydroxylation is 1. The van der Waals surface area contributed by atoms with Gasteiger partial charge in [-0.2, -0.15) is 0 Å². The maximum Gasteiger partial charge on any atom is 0.137 e. The summed E-state index contributed by atoms with van der Waals surface area (Å²) in [5.41, 5.74) is 3.55. The molecule has 0 unspecified atom stereocenters. The number of hydrogen-bond donors (Lipinski definition) is 0. The maximum absolute atomic E-state index is 5.88. The first kappa shape index (κ1) is 28.1. The van der Waals surface area contributed by atoms with Gasteiger partial charge in [-0.1, -0.05) is 69.5 Å². The third-order valence-electron chi connectivity index (χ3n) is 6.01. The van der Waals surface area contributed by atoms with Crippen LogP contribution in [0.1, 0.15) is 96.5 Å². The standard InChI is InChI=1S/C31H47NO2/c1-3-5-6-7-8-9-10-11-12-16-26-34-30-22-23-31(32-27-30)29-20-18-28(19-21-29)17-14-13-15-25-33-24-4-2/h8-9,18-23,27H,3-7,10-17,24-26H2,1-2H3. The van der Waals surface area contributed by atoms with Gasteiger partial charge >= 0.3 is 0 Å². The number of aromatic nitrogens is 1. The summed E-state index contributed by atoms with van der Waals surface area (Å²) in [5.74, 6) is 0.860. The molecular formula is C31H47NO2. The van der Waals surface area contributed by atoms with Crippen LogP contribution in [0.2, 0.25) is 0 Å². The Morgan fingerprint density at radius 3 is 2.12 bits per heavy atom. The first-order chi connectivity index (χ1) is 16.8. The van der Waals surface area contributed by atoms with Crippen LogP contribution in [0.25, 0.3) is 11.3 Å². The van der Waals surface area contributed by atoms with E-state index >= 15 is 0 Å². The molecule has 2 rings (SSSR count). The Hall–Kier alpha value is -2.13. The highest BCUT2D eigenvalue weighted by Crippen LogP contribution is 2.21. The smallest absolute Gasteiger partial charge is 0.137 e. The van der Waals surface area contributed by atoms with Crippen LogP contribution >= 0.6 is 0 Å². The molecule has 2 aromatic rings. The van der Waals surface area contributed by atoms with Crippen LogP contribution in [0.15, 0.2) is 54.7 Å². The number of hydrogen-bond acceptors (Lipinski definition) is 3. The van der Waals surface area contributed by atoms with Crippen molar-refractivity contribution in [2.24, 2.45) is 0 Å². The molecule has 0 aliphatic heterocycles. The van der Waals surface area contributed by atoms with Crippen LogP contribution in [-0.4, -0.2) is 24.8 Å². The Balaban J connectivity index is 1.58. The van der Waals surface area contributed by atoms with E-state index in [9.17, 15) is 0 Å². The highest BCUT2D eigenvalue weighted by molar-refractivity contribution is 5.59. The van der Waals surface area contributed by atoms with Crippen molar-refractivity contribution in [3.8, 4) is 17.0 Å². The molecule has 0 aliphatic carbocycles. The number of allylic oxidation sites excluding steroid dienone is 2. The number of nitrogens with zero attached hydrogens (tertiary/aromatic N) is 1. The molecule has 1 aromatic heterocycles. The average molecular weight is 466 g/mol. The zero-order valence-corrected chi connectivity index (χ0v) is 21.8. The fourth-order valence-electron chi connectivity index (χ4n) is 3.91. The maximum atomic E-state index is 5.88. The minimum Gasteiger partial charge on any atom is -0.492 e. The molecule has 0 bridgehead atoms. The summed E-state index contributed by atoms with van der Waals surface area (Å²) in [5, 5.41) is 0. The van der Waals surface area contributed by atoms with Crippen LogP contribution in [0.4, 0.5) is 0 Å². The van der Waals surface area contributed by atoms with Gasteiger partial charge in [0.15, 0.2) is 0 Å². The zero-order chi connectivity index (χ0) is 24.1. The van der Waals surface area contributed by atoms with Gasteiger partial charge in [0, 0.05) is 18.8 Å². The van der Waals surface area contributed by atoms with Crippen LogP contribution in [-0.2, 0) is 11.2 Å². The number of pyridine rings is 1. The quantitative estimate of drug-likeness (QED) is 0.144. The lowest BCUT2D eigenvalue weighted by Crippen LogP contribution is -1.98. The molecule has 188 valence electrons. The van der Waals surface area contributed by atoms with Gasteiger partial charge in [-0.25, -0.2) is 0 Å². The first-order valence-corrected chi connectivity index (χ1v) is 13.7. The molecule has 0 radical (unpaired) electrons. The van der Waals surface area contributed by atoms with Crippen molar-refractivity contribution >= 4 is 0 Å². The Morgan fingerprint density at radius 1 is 0.676 bits per heavy atom. The van der Waals surface area contributed by atoms with E-state index in [1.807, 2.05) is 12.3 Å². The van der Waals surface area contributed by atoms with E-state index in [0.717, 1.165) is 62.5 Å². The van der Waals surface area contributed by atoms with Crippen molar-refractivity contribution in [2.75, 3.05) is 19.8 Å². The number of ether oxygens (including phenoxy) is 2. The van der Waals surface area contributed by atoms with Gasteiger partial charge in [0.05, 0.1) is 18.5 Å². The third-order valence-corrected chi connectivity index (χ3v) is 6.01. The second-order valence-electron chi connectivity index (χ2n) is 9.16. The van der Waals surface area contributed by atoms with E-state index in [2.05, 4.69) is 61.3 Å². The molecule has 0 saturated heterocycles. The molecule has 0 N–H and O–H groups in total. The summed E-state index contributed by atoms with van der Waals surface area (Å²) in [4.78, 5) is 4.61. The molecule has 0 fully saturated rings. The fourth-order valence-corrected chi connectivity index (χ4v) is 3.91. The zero-order valence-electron chi connectivity index (χ0n) is 21.8. The lowest BCUT2D eigenvalue weighted by molar-refractivity contribution is 0.130. The van der Waals surface area contributed by atoms with Crippen LogP contribution in [0, 0.1) is 0 Å². The van der Waals surface area contributed by atoms with E-state index in [-0.39, 0.29) is 0 Å². The summed E-state index contributed by atoms with van der Waals surface area (Å²) in [7, 11) is 0. The van der Waals surface area contributed by atoms with Crippen molar-refractivity contribution in [2.45, 2.75) is 97.3 Å². The molecule has 3 heteroatoms. The van der Waals surface area contributed by atoms with Gasteiger partial charge in [0.1, 0.15) is 5.75 Å². The summed E-state index contributed by atoms with van der Waals surface area (Å²) in [6.07, 6.45) is 22.3.